The van der Waals surface area contributed by atoms with Crippen molar-refractivity contribution in [2.24, 2.45) is 0 Å². The number of hydrogen-bond donors (Lipinski definition) is 2. The van der Waals surface area contributed by atoms with Crippen LogP contribution in [-0.2, 0) is 4.74 Å². The Kier molecular flexibility index (Phi) is 3.24. The number of nitrogens with zero attached hydrogens (tertiary/aromatic N) is 4. The third kappa shape index (κ3) is 2.19. The van der Waals surface area contributed by atoms with E-state index in [0.717, 1.165) is 11.5 Å². The van der Waals surface area contributed by atoms with Crippen LogP contribution in [0.25, 0.3) is 0 Å². The standard InChI is InChI=1S/C16H18N6O4/c1-19-16(24)21-3-2-10(6-13(21)18-19)22-9-26-12-7-11(17-14(12)22)15(23)20-4-5-25-8-20/h2-3,6-7,13,17-18H,4-5,8-9H2,1H3. The maximum absolute atomic E-state index is 12.5. The lowest BCUT2D eigenvalue weighted by atomic mass is 10.2. The zero-order valence-electron chi connectivity index (χ0n) is 14.1. The second-order valence-corrected chi connectivity index (χ2v) is 6.43. The first-order chi connectivity index (χ1) is 12.6. The number of rotatable bonds is 2. The summed E-state index contributed by atoms with van der Waals surface area (Å²) >= 11 is 0. The van der Waals surface area contributed by atoms with E-state index in [0.29, 0.717) is 38.1 Å². The fourth-order valence-corrected chi connectivity index (χ4v) is 3.43. The normalized spacial score (nSPS) is 24.1. The minimum absolute atomic E-state index is 0.107. The van der Waals surface area contributed by atoms with Crippen LogP contribution in [0.4, 0.5) is 10.6 Å². The third-order valence-corrected chi connectivity index (χ3v) is 4.83. The first kappa shape index (κ1) is 15.3. The van der Waals surface area contributed by atoms with Crippen molar-refractivity contribution >= 4 is 17.8 Å². The van der Waals surface area contributed by atoms with Gasteiger partial charge < -0.3 is 19.4 Å². The Labute approximate surface area is 149 Å². The summed E-state index contributed by atoms with van der Waals surface area (Å²) in [5, 5.41) is 1.45. The van der Waals surface area contributed by atoms with Crippen LogP contribution in [0.1, 0.15) is 10.5 Å². The van der Waals surface area contributed by atoms with Crippen molar-refractivity contribution in [2.75, 3.05) is 38.6 Å². The summed E-state index contributed by atoms with van der Waals surface area (Å²) in [6.07, 6.45) is 5.29. The summed E-state index contributed by atoms with van der Waals surface area (Å²) in [5.74, 6) is 1.26. The molecule has 1 atom stereocenters. The lowest BCUT2D eigenvalue weighted by Crippen LogP contribution is -2.37. The lowest BCUT2D eigenvalue weighted by molar-refractivity contribution is 0.0689. The molecule has 0 saturated carbocycles. The van der Waals surface area contributed by atoms with Gasteiger partial charge in [-0.25, -0.2) is 10.2 Å². The van der Waals surface area contributed by atoms with E-state index >= 15 is 0 Å². The third-order valence-electron chi connectivity index (χ3n) is 4.83. The number of ether oxygens (including phenoxy) is 2. The summed E-state index contributed by atoms with van der Waals surface area (Å²) in [6, 6.07) is 1.61. The second kappa shape index (κ2) is 5.51. The van der Waals surface area contributed by atoms with Crippen LogP contribution in [0.15, 0.2) is 30.1 Å². The predicted molar refractivity (Wildman–Crippen MR) is 89.8 cm³/mol. The summed E-state index contributed by atoms with van der Waals surface area (Å²) in [4.78, 5) is 32.8. The molecule has 2 N–H and O–H groups in total. The quantitative estimate of drug-likeness (QED) is 0.785. The van der Waals surface area contributed by atoms with Gasteiger partial charge in [0.15, 0.2) is 18.3 Å². The molecule has 10 nitrogen and oxygen atoms in total. The Morgan fingerprint density at radius 2 is 2.23 bits per heavy atom. The highest BCUT2D eigenvalue weighted by molar-refractivity contribution is 5.94. The number of nitrogens with one attached hydrogen (secondary N) is 2. The average Bonchev–Trinajstić information content (AvgIpc) is 3.39. The van der Waals surface area contributed by atoms with Crippen LogP contribution in [0.5, 0.6) is 5.75 Å². The fourth-order valence-electron chi connectivity index (χ4n) is 3.43. The van der Waals surface area contributed by atoms with Crippen LogP contribution >= 0.6 is 0 Å². The minimum Gasteiger partial charge on any atom is -0.469 e. The van der Waals surface area contributed by atoms with E-state index in [9.17, 15) is 9.59 Å². The van der Waals surface area contributed by atoms with Gasteiger partial charge in [0.25, 0.3) is 5.91 Å². The molecule has 1 unspecified atom stereocenters. The van der Waals surface area contributed by atoms with E-state index < -0.39 is 0 Å². The van der Waals surface area contributed by atoms with Crippen LogP contribution in [0.2, 0.25) is 0 Å². The van der Waals surface area contributed by atoms with E-state index in [1.165, 1.54) is 5.01 Å². The maximum Gasteiger partial charge on any atom is 0.339 e. The molecule has 2 fully saturated rings. The second-order valence-electron chi connectivity index (χ2n) is 6.43. The minimum atomic E-state index is -0.241. The topological polar surface area (TPSA) is 93.4 Å². The number of urea groups is 1. The molecule has 10 heteroatoms. The van der Waals surface area contributed by atoms with E-state index in [1.807, 2.05) is 17.1 Å². The zero-order valence-corrected chi connectivity index (χ0v) is 14.1. The average molecular weight is 358 g/mol. The van der Waals surface area contributed by atoms with Crippen molar-refractivity contribution in [2.45, 2.75) is 6.17 Å². The molecule has 0 radical (unpaired) electrons. The molecule has 3 amide bonds. The Hall–Kier alpha value is -2.98. The molecule has 136 valence electrons. The molecular formula is C16H18N6O4. The number of carbonyl (C=O) groups excluding carboxylic acids is 2. The van der Waals surface area contributed by atoms with Crippen molar-refractivity contribution in [3.05, 3.63) is 35.8 Å². The number of hydrogen-bond acceptors (Lipinski definition) is 6. The van der Waals surface area contributed by atoms with Gasteiger partial charge >= 0.3 is 6.03 Å². The largest absolute Gasteiger partial charge is 0.469 e. The molecular weight excluding hydrogens is 340 g/mol. The first-order valence-corrected chi connectivity index (χ1v) is 8.34. The highest BCUT2D eigenvalue weighted by Crippen LogP contribution is 2.38. The summed E-state index contributed by atoms with van der Waals surface area (Å²) in [7, 11) is 1.68. The highest BCUT2D eigenvalue weighted by Gasteiger charge is 2.36. The Morgan fingerprint density at radius 1 is 1.35 bits per heavy atom. The number of aromatic amines is 1. The van der Waals surface area contributed by atoms with E-state index in [-0.39, 0.29) is 18.1 Å². The fraction of sp³-hybridized carbons (Fsp3) is 0.375. The molecule has 1 aromatic rings. The van der Waals surface area contributed by atoms with Crippen molar-refractivity contribution in [1.82, 2.24) is 25.2 Å². The van der Waals surface area contributed by atoms with Gasteiger partial charge in [-0.1, -0.05) is 0 Å². The van der Waals surface area contributed by atoms with Gasteiger partial charge in [0.2, 0.25) is 0 Å². The van der Waals surface area contributed by atoms with Gasteiger partial charge in [0.1, 0.15) is 18.6 Å². The number of allylic oxidation sites excluding steroid dienone is 1. The SMILES string of the molecule is CN1NC2C=C(N3COc4cc(C(=O)N5CCOC5)[nH]c43)C=CN2C1=O. The number of aromatic nitrogens is 1. The smallest absolute Gasteiger partial charge is 0.339 e. The molecule has 0 aliphatic carbocycles. The molecule has 2 saturated heterocycles. The van der Waals surface area contributed by atoms with Gasteiger partial charge in [-0.2, -0.15) is 0 Å². The summed E-state index contributed by atoms with van der Waals surface area (Å²) < 4.78 is 11.0. The van der Waals surface area contributed by atoms with E-state index in [4.69, 9.17) is 9.47 Å². The van der Waals surface area contributed by atoms with Gasteiger partial charge in [-0.3, -0.25) is 19.6 Å². The molecule has 0 bridgehead atoms. The molecule has 26 heavy (non-hydrogen) atoms. The molecule has 5 heterocycles. The molecule has 4 aliphatic heterocycles. The van der Waals surface area contributed by atoms with Gasteiger partial charge in [0.05, 0.1) is 6.61 Å². The van der Waals surface area contributed by atoms with Gasteiger partial charge in [-0.05, 0) is 12.2 Å². The highest BCUT2D eigenvalue weighted by atomic mass is 16.5. The van der Waals surface area contributed by atoms with Crippen molar-refractivity contribution in [3.8, 4) is 5.75 Å². The molecule has 0 aromatic carbocycles. The van der Waals surface area contributed by atoms with Gasteiger partial charge in [-0.15, -0.1) is 0 Å². The zero-order chi connectivity index (χ0) is 17.8. The Balaban J connectivity index is 1.40. The number of fused-ring (bicyclic) bond motifs is 2. The number of amides is 3. The van der Waals surface area contributed by atoms with Crippen molar-refractivity contribution in [3.63, 3.8) is 0 Å². The molecule has 4 aliphatic rings. The van der Waals surface area contributed by atoms with Crippen LogP contribution in [-0.4, -0.2) is 71.6 Å². The number of anilines is 1. The van der Waals surface area contributed by atoms with Crippen LogP contribution in [0, 0.1) is 0 Å². The monoisotopic (exact) mass is 358 g/mol. The van der Waals surface area contributed by atoms with Crippen LogP contribution in [0.3, 0.4) is 0 Å². The van der Waals surface area contributed by atoms with E-state index in [2.05, 4.69) is 10.4 Å². The predicted octanol–water partition coefficient (Wildman–Crippen LogP) is 0.210. The van der Waals surface area contributed by atoms with Crippen molar-refractivity contribution < 1.29 is 19.1 Å². The number of hydrazine groups is 1. The molecule has 5 rings (SSSR count). The van der Waals surface area contributed by atoms with Gasteiger partial charge in [0, 0.05) is 31.6 Å². The first-order valence-electron chi connectivity index (χ1n) is 8.34. The van der Waals surface area contributed by atoms with E-state index in [1.54, 1.807) is 29.1 Å². The summed E-state index contributed by atoms with van der Waals surface area (Å²) in [6.45, 7) is 1.80. The summed E-state index contributed by atoms with van der Waals surface area (Å²) in [5.41, 5.74) is 4.43. The molecule has 1 aromatic heterocycles. The maximum atomic E-state index is 12.5. The number of H-pyrrole nitrogens is 1. The Morgan fingerprint density at radius 3 is 3.04 bits per heavy atom. The molecule has 0 spiro atoms. The lowest BCUT2D eigenvalue weighted by Gasteiger charge is -2.25. The Bertz CT molecular complexity index is 840. The van der Waals surface area contributed by atoms with Crippen molar-refractivity contribution in [1.29, 1.82) is 0 Å². The van der Waals surface area contributed by atoms with Crippen LogP contribution < -0.4 is 15.1 Å². The number of carbonyl (C=O) groups is 2.